The van der Waals surface area contributed by atoms with Crippen molar-refractivity contribution in [1.82, 2.24) is 15.1 Å². The van der Waals surface area contributed by atoms with Crippen molar-refractivity contribution in [2.24, 2.45) is 17.8 Å². The van der Waals surface area contributed by atoms with Gasteiger partial charge in [0, 0.05) is 19.6 Å². The lowest BCUT2D eigenvalue weighted by Gasteiger charge is -2.29. The van der Waals surface area contributed by atoms with Crippen LogP contribution in [0.15, 0.2) is 0 Å². The minimum atomic E-state index is -0.802. The fourth-order valence-electron chi connectivity index (χ4n) is 3.30. The van der Waals surface area contributed by atoms with E-state index in [1.807, 2.05) is 6.92 Å². The van der Waals surface area contributed by atoms with Gasteiger partial charge in [-0.1, -0.05) is 6.92 Å². The topological polar surface area (TPSA) is 72.9 Å². The van der Waals surface area contributed by atoms with Crippen LogP contribution in [0.5, 0.6) is 0 Å². The van der Waals surface area contributed by atoms with E-state index in [0.29, 0.717) is 25.6 Å². The number of urea groups is 1. The molecule has 21 heavy (non-hydrogen) atoms. The fraction of sp³-hybridized carbons (Fsp3) is 0.867. The average Bonchev–Trinajstić information content (AvgIpc) is 2.83. The SMILES string of the molecule is CC1CN(C(=O)NCCC2CCN(C)CC2)CC1C(=O)O. The minimum absolute atomic E-state index is 0.0298. The van der Waals surface area contributed by atoms with Gasteiger partial charge in [-0.3, -0.25) is 4.79 Å². The van der Waals surface area contributed by atoms with Gasteiger partial charge in [-0.2, -0.15) is 0 Å². The number of hydrogen-bond donors (Lipinski definition) is 2. The van der Waals surface area contributed by atoms with Crippen LogP contribution in [-0.2, 0) is 4.79 Å². The van der Waals surface area contributed by atoms with E-state index in [-0.39, 0.29) is 11.9 Å². The van der Waals surface area contributed by atoms with Gasteiger partial charge in [0.1, 0.15) is 0 Å². The van der Waals surface area contributed by atoms with Gasteiger partial charge in [0.2, 0.25) is 0 Å². The first kappa shape index (κ1) is 16.1. The normalized spacial score (nSPS) is 27.8. The molecule has 0 aliphatic carbocycles. The van der Waals surface area contributed by atoms with Crippen molar-refractivity contribution < 1.29 is 14.7 Å². The molecule has 2 unspecified atom stereocenters. The highest BCUT2D eigenvalue weighted by Gasteiger charge is 2.36. The third-order valence-corrected chi connectivity index (χ3v) is 4.88. The zero-order valence-electron chi connectivity index (χ0n) is 13.0. The van der Waals surface area contributed by atoms with Crippen molar-refractivity contribution >= 4 is 12.0 Å². The van der Waals surface area contributed by atoms with Crippen LogP contribution in [0.3, 0.4) is 0 Å². The molecule has 2 atom stereocenters. The number of amides is 2. The van der Waals surface area contributed by atoms with Gasteiger partial charge in [0.15, 0.2) is 0 Å². The Labute approximate surface area is 126 Å². The minimum Gasteiger partial charge on any atom is -0.481 e. The molecule has 2 saturated heterocycles. The summed E-state index contributed by atoms with van der Waals surface area (Å²) >= 11 is 0. The van der Waals surface area contributed by atoms with Gasteiger partial charge < -0.3 is 20.2 Å². The van der Waals surface area contributed by atoms with Gasteiger partial charge in [0.25, 0.3) is 0 Å². The van der Waals surface area contributed by atoms with Crippen LogP contribution in [0.1, 0.15) is 26.2 Å². The second-order valence-corrected chi connectivity index (χ2v) is 6.59. The zero-order chi connectivity index (χ0) is 15.4. The van der Waals surface area contributed by atoms with E-state index in [2.05, 4.69) is 17.3 Å². The molecule has 0 saturated carbocycles. The summed E-state index contributed by atoms with van der Waals surface area (Å²) in [6.07, 6.45) is 3.42. The quantitative estimate of drug-likeness (QED) is 0.814. The summed E-state index contributed by atoms with van der Waals surface area (Å²) in [6, 6.07) is -0.112. The Morgan fingerprint density at radius 3 is 2.48 bits per heavy atom. The molecule has 2 amide bonds. The van der Waals surface area contributed by atoms with E-state index >= 15 is 0 Å². The van der Waals surface area contributed by atoms with Crippen molar-refractivity contribution in [1.29, 1.82) is 0 Å². The summed E-state index contributed by atoms with van der Waals surface area (Å²) in [5, 5.41) is 12.0. The van der Waals surface area contributed by atoms with Crippen molar-refractivity contribution in [3.63, 3.8) is 0 Å². The maximum absolute atomic E-state index is 12.1. The van der Waals surface area contributed by atoms with E-state index in [0.717, 1.165) is 19.5 Å². The molecule has 2 fully saturated rings. The Bertz CT molecular complexity index is 380. The first-order valence-electron chi connectivity index (χ1n) is 7.91. The summed E-state index contributed by atoms with van der Waals surface area (Å²) in [7, 11) is 2.14. The van der Waals surface area contributed by atoms with Crippen LogP contribution < -0.4 is 5.32 Å². The van der Waals surface area contributed by atoms with E-state index < -0.39 is 11.9 Å². The van der Waals surface area contributed by atoms with Gasteiger partial charge in [0.05, 0.1) is 5.92 Å². The largest absolute Gasteiger partial charge is 0.481 e. The third-order valence-electron chi connectivity index (χ3n) is 4.88. The second-order valence-electron chi connectivity index (χ2n) is 6.59. The van der Waals surface area contributed by atoms with Crippen LogP contribution in [-0.4, -0.2) is 66.7 Å². The van der Waals surface area contributed by atoms with E-state index in [1.54, 1.807) is 4.90 Å². The number of carboxylic acid groups (broad SMARTS) is 1. The summed E-state index contributed by atoms with van der Waals surface area (Å²) in [5.74, 6) is -0.498. The third kappa shape index (κ3) is 4.33. The molecule has 0 spiro atoms. The molecule has 0 aromatic carbocycles. The summed E-state index contributed by atoms with van der Waals surface area (Å²) in [5.41, 5.74) is 0. The molecule has 2 aliphatic rings. The highest BCUT2D eigenvalue weighted by molar-refractivity contribution is 5.77. The molecule has 2 heterocycles. The number of carbonyl (C=O) groups excluding carboxylic acids is 1. The fourth-order valence-corrected chi connectivity index (χ4v) is 3.30. The Kier molecular flexibility index (Phi) is 5.45. The van der Waals surface area contributed by atoms with Crippen LogP contribution in [0, 0.1) is 17.8 Å². The number of hydrogen-bond acceptors (Lipinski definition) is 3. The Balaban J connectivity index is 1.67. The average molecular weight is 297 g/mol. The number of carboxylic acids is 1. The highest BCUT2D eigenvalue weighted by atomic mass is 16.4. The number of aliphatic carboxylic acids is 1. The molecular weight excluding hydrogens is 270 g/mol. The number of carbonyl (C=O) groups is 2. The predicted octanol–water partition coefficient (Wildman–Crippen LogP) is 1.08. The number of rotatable bonds is 4. The lowest BCUT2D eigenvalue weighted by Crippen LogP contribution is -2.40. The van der Waals surface area contributed by atoms with Crippen LogP contribution in [0.25, 0.3) is 0 Å². The van der Waals surface area contributed by atoms with Crippen LogP contribution in [0.2, 0.25) is 0 Å². The number of piperidine rings is 1. The summed E-state index contributed by atoms with van der Waals surface area (Å²) in [4.78, 5) is 27.1. The molecule has 0 aromatic rings. The maximum atomic E-state index is 12.1. The van der Waals surface area contributed by atoms with E-state index in [4.69, 9.17) is 5.11 Å². The summed E-state index contributed by atoms with van der Waals surface area (Å²) in [6.45, 7) is 5.74. The molecule has 6 nitrogen and oxygen atoms in total. The molecule has 0 aromatic heterocycles. The summed E-state index contributed by atoms with van der Waals surface area (Å²) < 4.78 is 0. The Morgan fingerprint density at radius 1 is 1.24 bits per heavy atom. The first-order valence-corrected chi connectivity index (χ1v) is 7.91. The molecule has 2 aliphatic heterocycles. The Morgan fingerprint density at radius 2 is 1.90 bits per heavy atom. The van der Waals surface area contributed by atoms with Gasteiger partial charge in [-0.25, -0.2) is 4.79 Å². The second kappa shape index (κ2) is 7.11. The van der Waals surface area contributed by atoms with Crippen molar-refractivity contribution in [3.8, 4) is 0 Å². The molecule has 0 bridgehead atoms. The predicted molar refractivity (Wildman–Crippen MR) is 80.1 cm³/mol. The van der Waals surface area contributed by atoms with Gasteiger partial charge in [-0.15, -0.1) is 0 Å². The molecule has 2 N–H and O–H groups in total. The van der Waals surface area contributed by atoms with Gasteiger partial charge in [-0.05, 0) is 51.2 Å². The van der Waals surface area contributed by atoms with E-state index in [1.165, 1.54) is 12.8 Å². The lowest BCUT2D eigenvalue weighted by molar-refractivity contribution is -0.142. The monoisotopic (exact) mass is 297 g/mol. The highest BCUT2D eigenvalue weighted by Crippen LogP contribution is 2.23. The van der Waals surface area contributed by atoms with Crippen LogP contribution in [0.4, 0.5) is 4.79 Å². The van der Waals surface area contributed by atoms with E-state index in [9.17, 15) is 9.59 Å². The van der Waals surface area contributed by atoms with Gasteiger partial charge >= 0.3 is 12.0 Å². The number of nitrogens with zero attached hydrogens (tertiary/aromatic N) is 2. The molecule has 120 valence electrons. The first-order chi connectivity index (χ1) is 9.97. The zero-order valence-corrected chi connectivity index (χ0v) is 13.0. The van der Waals surface area contributed by atoms with Crippen molar-refractivity contribution in [2.45, 2.75) is 26.2 Å². The number of likely N-dealkylation sites (tertiary alicyclic amines) is 2. The molecule has 6 heteroatoms. The maximum Gasteiger partial charge on any atom is 0.317 e. The van der Waals surface area contributed by atoms with Crippen molar-refractivity contribution in [2.75, 3.05) is 39.8 Å². The smallest absolute Gasteiger partial charge is 0.317 e. The number of nitrogens with one attached hydrogen (secondary N) is 1. The Hall–Kier alpha value is -1.30. The molecule has 0 radical (unpaired) electrons. The van der Waals surface area contributed by atoms with Crippen molar-refractivity contribution in [3.05, 3.63) is 0 Å². The molecule has 2 rings (SSSR count). The molecular formula is C15H27N3O3. The lowest BCUT2D eigenvalue weighted by atomic mass is 9.94. The van der Waals surface area contributed by atoms with Crippen LogP contribution >= 0.6 is 0 Å². The standard InChI is InChI=1S/C15H27N3O3/c1-11-9-18(10-13(11)14(19)20)15(21)16-6-3-12-4-7-17(2)8-5-12/h11-13H,3-10H2,1-2H3,(H,16,21)(H,19,20).